The topological polar surface area (TPSA) is 64.1 Å². The summed E-state index contributed by atoms with van der Waals surface area (Å²) in [5.74, 6) is 0.225. The fourth-order valence-electron chi connectivity index (χ4n) is 3.30. The molecule has 2 saturated heterocycles. The molecule has 2 amide bonds. The number of nitrogens with zero attached hydrogens (tertiary/aromatic N) is 3. The Morgan fingerprint density at radius 3 is 2.41 bits per heavy atom. The first-order valence-corrected chi connectivity index (χ1v) is 8.46. The average Bonchev–Trinajstić information content (AvgIpc) is 2.55. The lowest BCUT2D eigenvalue weighted by atomic mass is 9.96. The summed E-state index contributed by atoms with van der Waals surface area (Å²) in [6.45, 7) is 8.71. The van der Waals surface area contributed by atoms with Crippen LogP contribution in [0.3, 0.4) is 0 Å². The fourth-order valence-corrected chi connectivity index (χ4v) is 3.30. The summed E-state index contributed by atoms with van der Waals surface area (Å²) in [6.07, 6.45) is 2.29. The van der Waals surface area contributed by atoms with Crippen molar-refractivity contribution < 1.29 is 14.7 Å². The number of aliphatic hydroxyl groups is 1. The Bertz CT molecular complexity index is 394. The third-order valence-electron chi connectivity index (χ3n) is 4.84. The van der Waals surface area contributed by atoms with Gasteiger partial charge in [-0.2, -0.15) is 0 Å². The maximum absolute atomic E-state index is 12.6. The second-order valence-corrected chi connectivity index (χ2v) is 6.49. The van der Waals surface area contributed by atoms with Gasteiger partial charge in [0.1, 0.15) is 0 Å². The Balaban J connectivity index is 1.80. The van der Waals surface area contributed by atoms with E-state index in [2.05, 4.69) is 4.90 Å². The van der Waals surface area contributed by atoms with Gasteiger partial charge in [0.15, 0.2) is 0 Å². The summed E-state index contributed by atoms with van der Waals surface area (Å²) in [4.78, 5) is 30.1. The van der Waals surface area contributed by atoms with Crippen molar-refractivity contribution in [2.24, 2.45) is 5.92 Å². The minimum Gasteiger partial charge on any atom is -0.392 e. The van der Waals surface area contributed by atoms with Gasteiger partial charge in [-0.05, 0) is 19.3 Å². The molecule has 0 bridgehead atoms. The maximum atomic E-state index is 12.6. The van der Waals surface area contributed by atoms with Gasteiger partial charge in [-0.25, -0.2) is 0 Å². The number of likely N-dealkylation sites (tertiary alicyclic amines) is 1. The number of hydrogen-bond donors (Lipinski definition) is 1. The van der Waals surface area contributed by atoms with Crippen molar-refractivity contribution in [2.45, 2.75) is 39.2 Å². The van der Waals surface area contributed by atoms with E-state index in [1.165, 1.54) is 0 Å². The third kappa shape index (κ3) is 4.43. The molecule has 6 heteroatoms. The molecule has 2 fully saturated rings. The van der Waals surface area contributed by atoms with E-state index in [0.717, 1.165) is 52.0 Å². The van der Waals surface area contributed by atoms with Gasteiger partial charge in [0.25, 0.3) is 0 Å². The van der Waals surface area contributed by atoms with Gasteiger partial charge < -0.3 is 14.9 Å². The molecule has 0 aromatic carbocycles. The van der Waals surface area contributed by atoms with Crippen LogP contribution < -0.4 is 0 Å². The normalized spacial score (nSPS) is 25.1. The summed E-state index contributed by atoms with van der Waals surface area (Å²) >= 11 is 0. The van der Waals surface area contributed by atoms with Crippen LogP contribution >= 0.6 is 0 Å². The molecular weight excluding hydrogens is 282 g/mol. The number of β-amino-alcohol motifs (C(OH)–C–C–N with tert-alkyl or cyclic N) is 1. The molecule has 22 heavy (non-hydrogen) atoms. The Morgan fingerprint density at radius 1 is 1.14 bits per heavy atom. The number of piperidine rings is 1. The molecule has 0 saturated carbocycles. The predicted molar refractivity (Wildman–Crippen MR) is 84.3 cm³/mol. The molecular formula is C16H29N3O3. The van der Waals surface area contributed by atoms with E-state index in [0.29, 0.717) is 13.1 Å². The number of aliphatic hydroxyl groups excluding tert-OH is 1. The monoisotopic (exact) mass is 311 g/mol. The highest BCUT2D eigenvalue weighted by Gasteiger charge is 2.31. The first-order chi connectivity index (χ1) is 10.5. The van der Waals surface area contributed by atoms with Crippen LogP contribution in [0.5, 0.6) is 0 Å². The van der Waals surface area contributed by atoms with E-state index in [1.54, 1.807) is 11.8 Å². The van der Waals surface area contributed by atoms with Crippen molar-refractivity contribution in [3.63, 3.8) is 0 Å². The van der Waals surface area contributed by atoms with Crippen molar-refractivity contribution >= 4 is 11.8 Å². The zero-order valence-corrected chi connectivity index (χ0v) is 13.8. The van der Waals surface area contributed by atoms with Crippen molar-refractivity contribution in [1.29, 1.82) is 0 Å². The summed E-state index contributed by atoms with van der Waals surface area (Å²) in [5.41, 5.74) is 0. The standard InChI is InChI=1S/C16H29N3O3/c1-3-15(21)12-17-7-9-18(10-8-17)16(22)14-5-4-6-19(11-14)13(2)20/h14-15,21H,3-12H2,1-2H3/t14-,15-/m0/s1. The largest absolute Gasteiger partial charge is 0.392 e. The maximum Gasteiger partial charge on any atom is 0.227 e. The molecule has 2 heterocycles. The van der Waals surface area contributed by atoms with Crippen molar-refractivity contribution in [3.8, 4) is 0 Å². The van der Waals surface area contributed by atoms with Crippen LogP contribution in [0.25, 0.3) is 0 Å². The van der Waals surface area contributed by atoms with E-state index >= 15 is 0 Å². The van der Waals surface area contributed by atoms with Crippen LogP contribution in [0.4, 0.5) is 0 Å². The minimum atomic E-state index is -0.273. The summed E-state index contributed by atoms with van der Waals surface area (Å²) in [5, 5.41) is 9.71. The zero-order valence-electron chi connectivity index (χ0n) is 13.8. The van der Waals surface area contributed by atoms with Gasteiger partial charge in [-0.3, -0.25) is 14.5 Å². The van der Waals surface area contributed by atoms with Gasteiger partial charge >= 0.3 is 0 Å². The van der Waals surface area contributed by atoms with Gasteiger partial charge in [-0.15, -0.1) is 0 Å². The van der Waals surface area contributed by atoms with Gasteiger partial charge in [0.2, 0.25) is 11.8 Å². The third-order valence-corrected chi connectivity index (χ3v) is 4.84. The van der Waals surface area contributed by atoms with Gasteiger partial charge in [-0.1, -0.05) is 6.92 Å². The van der Waals surface area contributed by atoms with E-state index in [1.807, 2.05) is 11.8 Å². The Labute approximate surface area is 133 Å². The Morgan fingerprint density at radius 2 is 1.82 bits per heavy atom. The molecule has 0 unspecified atom stereocenters. The zero-order chi connectivity index (χ0) is 16.1. The van der Waals surface area contributed by atoms with Crippen LogP contribution in [0.1, 0.15) is 33.1 Å². The number of carbonyl (C=O) groups excluding carboxylic acids is 2. The van der Waals surface area contributed by atoms with Crippen LogP contribution in [-0.2, 0) is 9.59 Å². The van der Waals surface area contributed by atoms with Gasteiger partial charge in [0.05, 0.1) is 12.0 Å². The molecule has 0 aliphatic carbocycles. The molecule has 2 rings (SSSR count). The molecule has 2 aliphatic heterocycles. The number of amides is 2. The number of carbonyl (C=O) groups is 2. The predicted octanol–water partition coefficient (Wildman–Crippen LogP) is 0.160. The number of hydrogen-bond acceptors (Lipinski definition) is 4. The fraction of sp³-hybridized carbons (Fsp3) is 0.875. The van der Waals surface area contributed by atoms with Crippen LogP contribution in [0, 0.1) is 5.92 Å². The summed E-state index contributed by atoms with van der Waals surface area (Å²) in [6, 6.07) is 0. The number of rotatable bonds is 4. The van der Waals surface area contributed by atoms with E-state index in [9.17, 15) is 14.7 Å². The Kier molecular flexibility index (Phi) is 6.20. The van der Waals surface area contributed by atoms with Crippen LogP contribution in [0.15, 0.2) is 0 Å². The first kappa shape index (κ1) is 17.2. The smallest absolute Gasteiger partial charge is 0.227 e. The van der Waals surface area contributed by atoms with Crippen LogP contribution in [0.2, 0.25) is 0 Å². The highest BCUT2D eigenvalue weighted by molar-refractivity contribution is 5.81. The van der Waals surface area contributed by atoms with Gasteiger partial charge in [0, 0.05) is 52.7 Å². The quantitative estimate of drug-likeness (QED) is 0.803. The second-order valence-electron chi connectivity index (χ2n) is 6.49. The lowest BCUT2D eigenvalue weighted by molar-refractivity contribution is -0.141. The lowest BCUT2D eigenvalue weighted by Crippen LogP contribution is -2.53. The van der Waals surface area contributed by atoms with Crippen LogP contribution in [-0.4, -0.2) is 83.5 Å². The Hall–Kier alpha value is -1.14. The SMILES string of the molecule is CC[C@H](O)CN1CCN(C(=O)[C@H]2CCCN(C(C)=O)C2)CC1. The summed E-state index contributed by atoms with van der Waals surface area (Å²) < 4.78 is 0. The second kappa shape index (κ2) is 7.92. The van der Waals surface area contributed by atoms with E-state index < -0.39 is 0 Å². The molecule has 6 nitrogen and oxygen atoms in total. The highest BCUT2D eigenvalue weighted by atomic mass is 16.3. The molecule has 126 valence electrons. The molecule has 0 spiro atoms. The van der Waals surface area contributed by atoms with E-state index in [-0.39, 0.29) is 23.8 Å². The minimum absolute atomic E-state index is 0.0366. The van der Waals surface area contributed by atoms with Crippen molar-refractivity contribution in [3.05, 3.63) is 0 Å². The number of piperazine rings is 1. The van der Waals surface area contributed by atoms with Crippen molar-refractivity contribution in [1.82, 2.24) is 14.7 Å². The summed E-state index contributed by atoms with van der Waals surface area (Å²) in [7, 11) is 0. The molecule has 0 aromatic rings. The molecule has 2 atom stereocenters. The van der Waals surface area contributed by atoms with E-state index in [4.69, 9.17) is 0 Å². The average molecular weight is 311 g/mol. The molecule has 1 N–H and O–H groups in total. The molecule has 0 radical (unpaired) electrons. The highest BCUT2D eigenvalue weighted by Crippen LogP contribution is 2.20. The molecule has 0 aromatic heterocycles. The molecule has 2 aliphatic rings. The van der Waals surface area contributed by atoms with Crippen molar-refractivity contribution in [2.75, 3.05) is 45.8 Å². The lowest BCUT2D eigenvalue weighted by Gasteiger charge is -2.39. The first-order valence-electron chi connectivity index (χ1n) is 8.46.